The van der Waals surface area contributed by atoms with E-state index in [4.69, 9.17) is 0 Å². The molecule has 1 aromatic carbocycles. The first-order chi connectivity index (χ1) is 10.6. The lowest BCUT2D eigenvalue weighted by Crippen LogP contribution is -2.46. The number of nitrogens with zero attached hydrogens (tertiary/aromatic N) is 3. The fraction of sp³-hybridized carbons (Fsp3) is 0.400. The number of benzene rings is 1. The Morgan fingerprint density at radius 3 is 2.73 bits per heavy atom. The molecule has 0 saturated carbocycles. The van der Waals surface area contributed by atoms with Crippen molar-refractivity contribution in [2.75, 3.05) is 19.6 Å². The van der Waals surface area contributed by atoms with Crippen molar-refractivity contribution >= 4 is 0 Å². The maximum absolute atomic E-state index is 13.9. The highest BCUT2D eigenvalue weighted by atomic mass is 19.2. The van der Waals surface area contributed by atoms with E-state index < -0.39 is 17.5 Å². The molecule has 7 heteroatoms. The summed E-state index contributed by atoms with van der Waals surface area (Å²) in [6.07, 6.45) is 3.56. The number of aromatic nitrogens is 2. The Hall–Kier alpha value is -1.86. The van der Waals surface area contributed by atoms with Gasteiger partial charge in [0, 0.05) is 57.3 Å². The van der Waals surface area contributed by atoms with E-state index in [-0.39, 0.29) is 18.2 Å². The molecular weight excluding hydrogens is 293 g/mol. The highest BCUT2D eigenvalue weighted by Gasteiger charge is 2.27. The zero-order valence-electron chi connectivity index (χ0n) is 12.2. The molecule has 1 saturated heterocycles. The fourth-order valence-electron chi connectivity index (χ4n) is 2.79. The van der Waals surface area contributed by atoms with Crippen molar-refractivity contribution in [3.05, 3.63) is 53.4 Å². The summed E-state index contributed by atoms with van der Waals surface area (Å²) in [4.78, 5) is 6.36. The van der Waals surface area contributed by atoms with Crippen molar-refractivity contribution in [1.82, 2.24) is 19.8 Å². The van der Waals surface area contributed by atoms with Gasteiger partial charge >= 0.3 is 0 Å². The monoisotopic (exact) mass is 310 g/mol. The Morgan fingerprint density at radius 1 is 1.23 bits per heavy atom. The molecule has 118 valence electrons. The van der Waals surface area contributed by atoms with Gasteiger partial charge in [0.25, 0.3) is 0 Å². The van der Waals surface area contributed by atoms with E-state index in [1.807, 2.05) is 22.7 Å². The lowest BCUT2D eigenvalue weighted by molar-refractivity contribution is 0.143. The maximum atomic E-state index is 13.9. The Labute approximate surface area is 126 Å². The summed E-state index contributed by atoms with van der Waals surface area (Å²) in [5.41, 5.74) is 0.153. The number of hydrogen-bond donors (Lipinski definition) is 1. The topological polar surface area (TPSA) is 33.1 Å². The maximum Gasteiger partial charge on any atom is 0.161 e. The summed E-state index contributed by atoms with van der Waals surface area (Å²) in [7, 11) is 1.90. The van der Waals surface area contributed by atoms with Crippen LogP contribution in [0, 0.1) is 17.5 Å². The van der Waals surface area contributed by atoms with Gasteiger partial charge in [0.15, 0.2) is 11.6 Å². The molecule has 1 aliphatic heterocycles. The van der Waals surface area contributed by atoms with Crippen LogP contribution in [0.2, 0.25) is 0 Å². The highest BCUT2D eigenvalue weighted by Crippen LogP contribution is 2.24. The number of aryl methyl sites for hydroxylation is 1. The largest absolute Gasteiger partial charge is 0.337 e. The third-order valence-electron chi connectivity index (χ3n) is 3.97. The number of hydrogen-bond acceptors (Lipinski definition) is 3. The van der Waals surface area contributed by atoms with Gasteiger partial charge < -0.3 is 9.88 Å². The van der Waals surface area contributed by atoms with Crippen molar-refractivity contribution in [3.63, 3.8) is 0 Å². The molecule has 3 rings (SSSR count). The minimum atomic E-state index is -1.16. The predicted molar refractivity (Wildman–Crippen MR) is 75.5 cm³/mol. The quantitative estimate of drug-likeness (QED) is 0.880. The standard InChI is InChI=1S/C15H17F3N4/c1-21-4-3-20-15(21)14-8-19-2-5-22(14)9-10-6-12(17)13(18)7-11(10)16/h3-4,6-7,14,19H,2,5,8-9H2,1H3. The fourth-order valence-corrected chi connectivity index (χ4v) is 2.79. The normalized spacial score (nSPS) is 19.5. The van der Waals surface area contributed by atoms with Crippen LogP contribution in [-0.2, 0) is 13.6 Å². The van der Waals surface area contributed by atoms with Crippen LogP contribution in [0.3, 0.4) is 0 Å². The molecule has 0 amide bonds. The van der Waals surface area contributed by atoms with Crippen molar-refractivity contribution in [2.45, 2.75) is 12.6 Å². The summed E-state index contributed by atoms with van der Waals surface area (Å²) in [6, 6.07) is 1.49. The molecule has 1 aliphatic rings. The molecule has 0 radical (unpaired) electrons. The minimum Gasteiger partial charge on any atom is -0.337 e. The molecule has 1 N–H and O–H groups in total. The van der Waals surface area contributed by atoms with Crippen molar-refractivity contribution in [2.24, 2.45) is 7.05 Å². The molecule has 2 aromatic rings. The Bertz CT molecular complexity index is 671. The predicted octanol–water partition coefficient (Wildman–Crippen LogP) is 1.98. The second-order valence-electron chi connectivity index (χ2n) is 5.44. The molecular formula is C15H17F3N4. The van der Waals surface area contributed by atoms with Gasteiger partial charge in [-0.25, -0.2) is 18.2 Å². The Balaban J connectivity index is 1.86. The SMILES string of the molecule is Cn1ccnc1C1CNCCN1Cc1cc(F)c(F)cc1F. The van der Waals surface area contributed by atoms with Gasteiger partial charge in [0.05, 0.1) is 6.04 Å². The number of halogens is 3. The molecule has 22 heavy (non-hydrogen) atoms. The molecule has 1 fully saturated rings. The second-order valence-corrected chi connectivity index (χ2v) is 5.44. The Kier molecular flexibility index (Phi) is 4.17. The van der Waals surface area contributed by atoms with E-state index in [9.17, 15) is 13.2 Å². The molecule has 2 heterocycles. The van der Waals surface area contributed by atoms with E-state index in [1.54, 1.807) is 6.20 Å². The van der Waals surface area contributed by atoms with Crippen LogP contribution in [0.5, 0.6) is 0 Å². The zero-order valence-corrected chi connectivity index (χ0v) is 12.2. The molecule has 1 atom stereocenters. The van der Waals surface area contributed by atoms with E-state index in [0.717, 1.165) is 18.4 Å². The third kappa shape index (κ3) is 2.86. The summed E-state index contributed by atoms with van der Waals surface area (Å²) in [5.74, 6) is -2.06. The van der Waals surface area contributed by atoms with Gasteiger partial charge in [0.2, 0.25) is 0 Å². The van der Waals surface area contributed by atoms with Gasteiger partial charge in [-0.2, -0.15) is 0 Å². The van der Waals surface area contributed by atoms with E-state index >= 15 is 0 Å². The zero-order chi connectivity index (χ0) is 15.7. The van der Waals surface area contributed by atoms with Crippen molar-refractivity contribution < 1.29 is 13.2 Å². The molecule has 4 nitrogen and oxygen atoms in total. The highest BCUT2D eigenvalue weighted by molar-refractivity contribution is 5.20. The summed E-state index contributed by atoms with van der Waals surface area (Å²) < 4.78 is 42.2. The molecule has 1 aromatic heterocycles. The number of rotatable bonds is 3. The second kappa shape index (κ2) is 6.10. The third-order valence-corrected chi connectivity index (χ3v) is 3.97. The van der Waals surface area contributed by atoms with Gasteiger partial charge in [-0.15, -0.1) is 0 Å². The van der Waals surface area contributed by atoms with Crippen molar-refractivity contribution in [1.29, 1.82) is 0 Å². The van der Waals surface area contributed by atoms with Crippen LogP contribution in [-0.4, -0.2) is 34.1 Å². The summed E-state index contributed by atoms with van der Waals surface area (Å²) in [6.45, 7) is 2.32. The van der Waals surface area contributed by atoms with Crippen LogP contribution in [0.1, 0.15) is 17.4 Å². The van der Waals surface area contributed by atoms with Gasteiger partial charge in [-0.3, -0.25) is 4.90 Å². The first-order valence-corrected chi connectivity index (χ1v) is 7.11. The van der Waals surface area contributed by atoms with Gasteiger partial charge in [0.1, 0.15) is 11.6 Å². The first-order valence-electron chi connectivity index (χ1n) is 7.11. The van der Waals surface area contributed by atoms with Gasteiger partial charge in [-0.05, 0) is 6.07 Å². The summed E-state index contributed by atoms with van der Waals surface area (Å²) >= 11 is 0. The number of nitrogens with one attached hydrogen (secondary N) is 1. The van der Waals surface area contributed by atoms with Crippen LogP contribution in [0.25, 0.3) is 0 Å². The number of piperazine rings is 1. The minimum absolute atomic E-state index is 0.0405. The lowest BCUT2D eigenvalue weighted by atomic mass is 10.1. The number of imidazole rings is 1. The average molecular weight is 310 g/mol. The smallest absolute Gasteiger partial charge is 0.161 e. The van der Waals surface area contributed by atoms with E-state index in [0.29, 0.717) is 19.2 Å². The van der Waals surface area contributed by atoms with Crippen LogP contribution in [0.4, 0.5) is 13.2 Å². The van der Waals surface area contributed by atoms with Crippen LogP contribution >= 0.6 is 0 Å². The molecule has 0 aliphatic carbocycles. The Morgan fingerprint density at radius 2 is 2.00 bits per heavy atom. The van der Waals surface area contributed by atoms with Crippen LogP contribution in [0.15, 0.2) is 24.5 Å². The first kappa shape index (κ1) is 15.1. The van der Waals surface area contributed by atoms with Gasteiger partial charge in [-0.1, -0.05) is 0 Å². The molecule has 0 spiro atoms. The average Bonchev–Trinajstić information content (AvgIpc) is 2.91. The van der Waals surface area contributed by atoms with Crippen LogP contribution < -0.4 is 5.32 Å². The van der Waals surface area contributed by atoms with E-state index in [1.165, 1.54) is 0 Å². The van der Waals surface area contributed by atoms with E-state index in [2.05, 4.69) is 10.3 Å². The summed E-state index contributed by atoms with van der Waals surface area (Å²) in [5, 5.41) is 3.28. The lowest BCUT2D eigenvalue weighted by Gasteiger charge is -2.35. The van der Waals surface area contributed by atoms with Crippen molar-refractivity contribution in [3.8, 4) is 0 Å². The molecule has 0 bridgehead atoms. The molecule has 1 unspecified atom stereocenters.